The lowest BCUT2D eigenvalue weighted by Crippen LogP contribution is -2.26. The summed E-state index contributed by atoms with van der Waals surface area (Å²) in [5, 5.41) is 2.88. The van der Waals surface area contributed by atoms with E-state index in [4.69, 9.17) is 11.6 Å². The van der Waals surface area contributed by atoms with Crippen LogP contribution in [0, 0.1) is 0 Å². The van der Waals surface area contributed by atoms with E-state index >= 15 is 0 Å². The molecule has 0 atom stereocenters. The predicted molar refractivity (Wildman–Crippen MR) is 86.0 cm³/mol. The molecule has 6 heteroatoms. The molecule has 21 heavy (non-hydrogen) atoms. The van der Waals surface area contributed by atoms with Crippen molar-refractivity contribution in [2.45, 2.75) is 25.8 Å². The molecule has 0 saturated heterocycles. The summed E-state index contributed by atoms with van der Waals surface area (Å²) < 4.78 is 2.38. The van der Waals surface area contributed by atoms with Crippen LogP contribution in [0.25, 0.3) is 0 Å². The molecule has 0 aromatic carbocycles. The first-order valence-electron chi connectivity index (χ1n) is 6.81. The van der Waals surface area contributed by atoms with Crippen LogP contribution in [0.2, 0.25) is 4.34 Å². The van der Waals surface area contributed by atoms with Crippen molar-refractivity contribution >= 4 is 28.8 Å². The fourth-order valence-corrected chi connectivity index (χ4v) is 3.03. The Bertz CT molecular complexity index is 651. The van der Waals surface area contributed by atoms with Gasteiger partial charge in [0.15, 0.2) is 0 Å². The highest BCUT2D eigenvalue weighted by atomic mass is 35.5. The molecule has 0 fully saturated rings. The molecule has 0 saturated carbocycles. The van der Waals surface area contributed by atoms with Crippen LogP contribution in [0.3, 0.4) is 0 Å². The molecule has 0 radical (unpaired) electrons. The normalized spacial score (nSPS) is 10.5. The minimum atomic E-state index is 0.00500. The number of halogens is 1. The smallest absolute Gasteiger partial charge is 0.250 e. The Kier molecular flexibility index (Phi) is 6.02. The van der Waals surface area contributed by atoms with Gasteiger partial charge in [-0.1, -0.05) is 17.7 Å². The van der Waals surface area contributed by atoms with Crippen LogP contribution in [0.15, 0.2) is 41.3 Å². The molecule has 2 heterocycles. The number of nitrogens with one attached hydrogen (secondary N) is 1. The van der Waals surface area contributed by atoms with Gasteiger partial charge in [0.2, 0.25) is 11.5 Å². The van der Waals surface area contributed by atoms with Crippen LogP contribution in [-0.2, 0) is 17.8 Å². The molecule has 0 aliphatic carbocycles. The van der Waals surface area contributed by atoms with Crippen molar-refractivity contribution in [3.05, 3.63) is 56.1 Å². The number of amides is 1. The molecular weight excluding hydrogens is 308 g/mol. The minimum Gasteiger partial charge on any atom is -0.356 e. The Labute approximate surface area is 132 Å². The lowest BCUT2D eigenvalue weighted by Gasteiger charge is -2.06. The molecule has 4 nitrogen and oxygen atoms in total. The van der Waals surface area contributed by atoms with Crippen LogP contribution >= 0.6 is 22.9 Å². The summed E-state index contributed by atoms with van der Waals surface area (Å²) in [5.74, 6) is 0.00500. The molecule has 2 rings (SSSR count). The maximum atomic E-state index is 11.7. The number of hydrogen-bond acceptors (Lipinski definition) is 3. The summed E-state index contributed by atoms with van der Waals surface area (Å²) in [6.45, 7) is 1.30. The highest BCUT2D eigenvalue weighted by Gasteiger charge is 2.05. The number of carbonyl (C=O) groups is 1. The zero-order valence-electron chi connectivity index (χ0n) is 11.5. The molecule has 0 aliphatic rings. The summed E-state index contributed by atoms with van der Waals surface area (Å²) in [7, 11) is 0. The Morgan fingerprint density at radius 2 is 2.10 bits per heavy atom. The van der Waals surface area contributed by atoms with E-state index in [9.17, 15) is 9.59 Å². The van der Waals surface area contributed by atoms with Crippen LogP contribution in [-0.4, -0.2) is 17.0 Å². The zero-order chi connectivity index (χ0) is 15.1. The molecular formula is C15H17ClN2O2S. The van der Waals surface area contributed by atoms with E-state index in [0.717, 1.165) is 17.7 Å². The largest absolute Gasteiger partial charge is 0.356 e. The number of hydrogen-bond donors (Lipinski definition) is 1. The second-order valence-corrected chi connectivity index (χ2v) is 6.47. The van der Waals surface area contributed by atoms with Gasteiger partial charge in [0.1, 0.15) is 0 Å². The highest BCUT2D eigenvalue weighted by molar-refractivity contribution is 7.16. The number of unbranched alkanes of at least 4 members (excludes halogenated alkanes) is 1. The van der Waals surface area contributed by atoms with Gasteiger partial charge in [0.25, 0.3) is 0 Å². The van der Waals surface area contributed by atoms with Crippen LogP contribution in [0.5, 0.6) is 0 Å². The zero-order valence-corrected chi connectivity index (χ0v) is 13.1. The van der Waals surface area contributed by atoms with E-state index in [1.165, 1.54) is 11.3 Å². The summed E-state index contributed by atoms with van der Waals surface area (Å²) >= 11 is 7.24. The molecule has 2 aromatic heterocycles. The van der Waals surface area contributed by atoms with Crippen molar-refractivity contribution in [1.82, 2.24) is 9.88 Å². The summed E-state index contributed by atoms with van der Waals surface area (Å²) in [6.07, 6.45) is 3.85. The second-order valence-electron chi connectivity index (χ2n) is 4.67. The molecule has 2 aromatic rings. The minimum absolute atomic E-state index is 0.00500. The van der Waals surface area contributed by atoms with E-state index in [1.807, 2.05) is 12.1 Å². The van der Waals surface area contributed by atoms with E-state index in [0.29, 0.717) is 23.8 Å². The number of carbonyl (C=O) groups excluding carboxylic acids is 1. The third-order valence-electron chi connectivity index (χ3n) is 3.01. The predicted octanol–water partition coefficient (Wildman–Crippen LogP) is 2.70. The standard InChI is InChI=1S/C15H17ClN2O2S/c16-13-7-6-12(21-13)11-14(19)17-8-2-4-10-18-9-3-1-5-15(18)20/h1,3,5-7,9H,2,4,8,10-11H2,(H,17,19). The van der Waals surface area contributed by atoms with Gasteiger partial charge in [-0.05, 0) is 31.0 Å². The van der Waals surface area contributed by atoms with E-state index < -0.39 is 0 Å². The van der Waals surface area contributed by atoms with Crippen LogP contribution < -0.4 is 10.9 Å². The molecule has 1 amide bonds. The fourth-order valence-electron chi connectivity index (χ4n) is 1.95. The van der Waals surface area contributed by atoms with Crippen molar-refractivity contribution in [3.8, 4) is 0 Å². The topological polar surface area (TPSA) is 51.1 Å². The molecule has 0 aliphatic heterocycles. The monoisotopic (exact) mass is 324 g/mol. The van der Waals surface area contributed by atoms with Gasteiger partial charge in [0, 0.05) is 30.2 Å². The third-order valence-corrected chi connectivity index (χ3v) is 4.24. The maximum absolute atomic E-state index is 11.7. The lowest BCUT2D eigenvalue weighted by atomic mass is 10.3. The fraction of sp³-hybridized carbons (Fsp3) is 0.333. The van der Waals surface area contributed by atoms with Crippen molar-refractivity contribution in [1.29, 1.82) is 0 Å². The van der Waals surface area contributed by atoms with Gasteiger partial charge in [-0.3, -0.25) is 9.59 Å². The van der Waals surface area contributed by atoms with Crippen molar-refractivity contribution in [2.24, 2.45) is 0 Å². The summed E-state index contributed by atoms with van der Waals surface area (Å²) in [6, 6.07) is 8.79. The SMILES string of the molecule is O=C(Cc1ccc(Cl)s1)NCCCCn1ccccc1=O. The quantitative estimate of drug-likeness (QED) is 0.796. The molecule has 0 bridgehead atoms. The Morgan fingerprint density at radius 1 is 1.24 bits per heavy atom. The van der Waals surface area contributed by atoms with Gasteiger partial charge in [-0.25, -0.2) is 0 Å². The number of nitrogens with zero attached hydrogens (tertiary/aromatic N) is 1. The Balaban J connectivity index is 1.62. The first kappa shape index (κ1) is 15.8. The molecule has 112 valence electrons. The second kappa shape index (κ2) is 8.00. The van der Waals surface area contributed by atoms with Crippen molar-refractivity contribution in [2.75, 3.05) is 6.54 Å². The average molecular weight is 325 g/mol. The first-order valence-corrected chi connectivity index (χ1v) is 8.01. The van der Waals surface area contributed by atoms with Gasteiger partial charge < -0.3 is 9.88 Å². The van der Waals surface area contributed by atoms with Crippen molar-refractivity contribution in [3.63, 3.8) is 0 Å². The summed E-state index contributed by atoms with van der Waals surface area (Å²) in [5.41, 5.74) is 0.0103. The Hall–Kier alpha value is -1.59. The van der Waals surface area contributed by atoms with Gasteiger partial charge >= 0.3 is 0 Å². The first-order chi connectivity index (χ1) is 10.1. The number of aryl methyl sites for hydroxylation is 1. The van der Waals surface area contributed by atoms with Gasteiger partial charge in [-0.2, -0.15) is 0 Å². The Morgan fingerprint density at radius 3 is 2.81 bits per heavy atom. The highest BCUT2D eigenvalue weighted by Crippen LogP contribution is 2.21. The maximum Gasteiger partial charge on any atom is 0.250 e. The van der Waals surface area contributed by atoms with Crippen LogP contribution in [0.1, 0.15) is 17.7 Å². The molecule has 0 spiro atoms. The molecule has 0 unspecified atom stereocenters. The van der Waals surface area contributed by atoms with Crippen molar-refractivity contribution < 1.29 is 4.79 Å². The number of thiophene rings is 1. The van der Waals surface area contributed by atoms with E-state index in [-0.39, 0.29) is 11.5 Å². The number of pyridine rings is 1. The lowest BCUT2D eigenvalue weighted by molar-refractivity contribution is -0.120. The number of rotatable bonds is 7. The summed E-state index contributed by atoms with van der Waals surface area (Å²) in [4.78, 5) is 24.2. The van der Waals surface area contributed by atoms with E-state index in [1.54, 1.807) is 29.0 Å². The van der Waals surface area contributed by atoms with Gasteiger partial charge in [-0.15, -0.1) is 11.3 Å². The number of aromatic nitrogens is 1. The third kappa shape index (κ3) is 5.36. The molecule has 1 N–H and O–H groups in total. The van der Waals surface area contributed by atoms with Gasteiger partial charge in [0.05, 0.1) is 10.8 Å². The van der Waals surface area contributed by atoms with E-state index in [2.05, 4.69) is 5.32 Å². The van der Waals surface area contributed by atoms with Crippen LogP contribution in [0.4, 0.5) is 0 Å². The average Bonchev–Trinajstić information content (AvgIpc) is 2.85.